The summed E-state index contributed by atoms with van der Waals surface area (Å²) in [6.45, 7) is 0. The third-order valence-corrected chi connectivity index (χ3v) is 3.87. The number of nitrogens with one attached hydrogen (secondary N) is 1. The molecule has 0 saturated carbocycles. The molecule has 18 heavy (non-hydrogen) atoms. The number of benzene rings is 2. The van der Waals surface area contributed by atoms with E-state index in [0.29, 0.717) is 0 Å². The molecule has 0 unspecified atom stereocenters. The van der Waals surface area contributed by atoms with Crippen molar-refractivity contribution in [3.05, 3.63) is 41.9 Å². The van der Waals surface area contributed by atoms with E-state index in [9.17, 15) is 0 Å². The molecule has 0 atom stereocenters. The number of H-pyrrole nitrogens is 1. The number of aromatic nitrogens is 4. The number of hydrogen-bond donors (Lipinski definition) is 1. The molecule has 0 spiro atoms. The average Bonchev–Trinajstić information content (AvgIpc) is 3.06. The molecule has 0 saturated heterocycles. The SMILES string of the molecule is c1cc(-c2cccc3ncsc23)c2n[nH]nc2c1. The van der Waals surface area contributed by atoms with Crippen LogP contribution in [-0.2, 0) is 0 Å². The van der Waals surface area contributed by atoms with Gasteiger partial charge in [-0.1, -0.05) is 24.3 Å². The van der Waals surface area contributed by atoms with E-state index in [0.717, 1.165) is 27.7 Å². The van der Waals surface area contributed by atoms with Gasteiger partial charge in [0, 0.05) is 11.1 Å². The molecule has 0 radical (unpaired) electrons. The Morgan fingerprint density at radius 1 is 0.889 bits per heavy atom. The molecule has 2 aromatic heterocycles. The van der Waals surface area contributed by atoms with Crippen LogP contribution in [-0.4, -0.2) is 20.4 Å². The lowest BCUT2D eigenvalue weighted by atomic mass is 10.0. The third-order valence-electron chi connectivity index (χ3n) is 2.99. The Morgan fingerprint density at radius 3 is 2.67 bits per heavy atom. The highest BCUT2D eigenvalue weighted by Crippen LogP contribution is 2.33. The predicted octanol–water partition coefficient (Wildman–Crippen LogP) is 3.23. The quantitative estimate of drug-likeness (QED) is 0.566. The van der Waals surface area contributed by atoms with Crippen LogP contribution >= 0.6 is 11.3 Å². The van der Waals surface area contributed by atoms with Gasteiger partial charge in [-0.25, -0.2) is 4.98 Å². The number of rotatable bonds is 1. The Labute approximate surface area is 106 Å². The fourth-order valence-corrected chi connectivity index (χ4v) is 3.00. The fourth-order valence-electron chi connectivity index (χ4n) is 2.18. The minimum atomic E-state index is 0.883. The topological polar surface area (TPSA) is 54.5 Å². The highest BCUT2D eigenvalue weighted by atomic mass is 32.1. The molecule has 86 valence electrons. The molecule has 4 aromatic rings. The number of thiazole rings is 1. The molecule has 0 fully saturated rings. The van der Waals surface area contributed by atoms with Gasteiger partial charge >= 0.3 is 0 Å². The Hall–Kier alpha value is -2.27. The average molecular weight is 252 g/mol. The minimum absolute atomic E-state index is 0.883. The second kappa shape index (κ2) is 3.61. The largest absolute Gasteiger partial charge is 0.245 e. The summed E-state index contributed by atoms with van der Waals surface area (Å²) in [5.41, 5.74) is 6.94. The first-order chi connectivity index (χ1) is 8.93. The van der Waals surface area contributed by atoms with Crippen molar-refractivity contribution in [1.82, 2.24) is 20.4 Å². The van der Waals surface area contributed by atoms with E-state index in [2.05, 4.69) is 32.5 Å². The van der Waals surface area contributed by atoms with Crippen LogP contribution in [0.3, 0.4) is 0 Å². The van der Waals surface area contributed by atoms with Crippen LogP contribution in [0.1, 0.15) is 0 Å². The van der Waals surface area contributed by atoms with Gasteiger partial charge in [0.2, 0.25) is 0 Å². The van der Waals surface area contributed by atoms with Crippen molar-refractivity contribution in [2.24, 2.45) is 0 Å². The lowest BCUT2D eigenvalue weighted by Gasteiger charge is -2.02. The van der Waals surface area contributed by atoms with Crippen LogP contribution in [0.25, 0.3) is 32.4 Å². The summed E-state index contributed by atoms with van der Waals surface area (Å²) >= 11 is 1.65. The number of fused-ring (bicyclic) bond motifs is 2. The molecule has 0 amide bonds. The summed E-state index contributed by atoms with van der Waals surface area (Å²) in [5, 5.41) is 11.0. The van der Waals surface area contributed by atoms with Crippen molar-refractivity contribution in [3.63, 3.8) is 0 Å². The number of hydrogen-bond acceptors (Lipinski definition) is 4. The first-order valence-corrected chi connectivity index (χ1v) is 6.43. The molecule has 2 heterocycles. The smallest absolute Gasteiger partial charge is 0.120 e. The van der Waals surface area contributed by atoms with E-state index in [1.54, 1.807) is 11.3 Å². The van der Waals surface area contributed by atoms with E-state index in [1.165, 1.54) is 4.70 Å². The Balaban J connectivity index is 2.13. The van der Waals surface area contributed by atoms with Gasteiger partial charge in [-0.15, -0.1) is 11.3 Å². The monoisotopic (exact) mass is 252 g/mol. The maximum atomic E-state index is 4.35. The molecule has 4 nitrogen and oxygen atoms in total. The van der Waals surface area contributed by atoms with Crippen LogP contribution in [0, 0.1) is 0 Å². The standard InChI is InChI=1S/C13H8N4S/c1-3-8(12-10(5-1)15-17-16-12)9-4-2-6-11-13(9)18-7-14-11/h1-7H,(H,15,16,17). The van der Waals surface area contributed by atoms with Gasteiger partial charge in [-0.2, -0.15) is 15.4 Å². The van der Waals surface area contributed by atoms with Gasteiger partial charge in [-0.3, -0.25) is 0 Å². The number of aromatic amines is 1. The van der Waals surface area contributed by atoms with Gasteiger partial charge in [0.15, 0.2) is 0 Å². The van der Waals surface area contributed by atoms with Crippen LogP contribution < -0.4 is 0 Å². The molecule has 0 aliphatic rings. The Kier molecular flexibility index (Phi) is 1.95. The summed E-state index contributed by atoms with van der Waals surface area (Å²) in [4.78, 5) is 4.35. The lowest BCUT2D eigenvalue weighted by molar-refractivity contribution is 0.959. The van der Waals surface area contributed by atoms with Crippen molar-refractivity contribution >= 4 is 32.6 Å². The molecular formula is C13H8N4S. The van der Waals surface area contributed by atoms with Crippen molar-refractivity contribution < 1.29 is 0 Å². The highest BCUT2D eigenvalue weighted by molar-refractivity contribution is 7.17. The zero-order chi connectivity index (χ0) is 11.9. The summed E-state index contributed by atoms with van der Waals surface area (Å²) in [6, 6.07) is 12.2. The summed E-state index contributed by atoms with van der Waals surface area (Å²) < 4.78 is 1.19. The Morgan fingerprint density at radius 2 is 1.72 bits per heavy atom. The Bertz CT molecular complexity index is 774. The second-order valence-corrected chi connectivity index (χ2v) is 4.86. The van der Waals surface area contributed by atoms with Crippen molar-refractivity contribution in [3.8, 4) is 11.1 Å². The van der Waals surface area contributed by atoms with Crippen molar-refractivity contribution in [1.29, 1.82) is 0 Å². The minimum Gasteiger partial charge on any atom is -0.245 e. The number of nitrogens with zero attached hydrogens (tertiary/aromatic N) is 3. The van der Waals surface area contributed by atoms with Crippen LogP contribution in [0.2, 0.25) is 0 Å². The van der Waals surface area contributed by atoms with E-state index >= 15 is 0 Å². The van der Waals surface area contributed by atoms with Crippen LogP contribution in [0.15, 0.2) is 41.9 Å². The summed E-state index contributed by atoms with van der Waals surface area (Å²) in [5.74, 6) is 0. The molecule has 0 aliphatic heterocycles. The first kappa shape index (κ1) is 9.73. The number of para-hydroxylation sites is 1. The van der Waals surface area contributed by atoms with E-state index in [-0.39, 0.29) is 0 Å². The predicted molar refractivity (Wildman–Crippen MR) is 72.5 cm³/mol. The lowest BCUT2D eigenvalue weighted by Crippen LogP contribution is -1.81. The molecule has 0 bridgehead atoms. The second-order valence-electron chi connectivity index (χ2n) is 4.00. The van der Waals surface area contributed by atoms with Crippen molar-refractivity contribution in [2.75, 3.05) is 0 Å². The zero-order valence-electron chi connectivity index (χ0n) is 9.29. The van der Waals surface area contributed by atoms with E-state index < -0.39 is 0 Å². The normalized spacial score (nSPS) is 11.3. The maximum absolute atomic E-state index is 4.35. The van der Waals surface area contributed by atoms with Crippen molar-refractivity contribution in [2.45, 2.75) is 0 Å². The molecule has 1 N–H and O–H groups in total. The van der Waals surface area contributed by atoms with Gasteiger partial charge in [0.05, 0.1) is 15.7 Å². The van der Waals surface area contributed by atoms with Crippen LogP contribution in [0.4, 0.5) is 0 Å². The highest BCUT2D eigenvalue weighted by Gasteiger charge is 2.10. The molecule has 5 heteroatoms. The molecule has 4 rings (SSSR count). The van der Waals surface area contributed by atoms with E-state index in [1.807, 2.05) is 29.8 Å². The zero-order valence-corrected chi connectivity index (χ0v) is 10.1. The third kappa shape index (κ3) is 1.28. The van der Waals surface area contributed by atoms with Gasteiger partial charge in [-0.05, 0) is 12.1 Å². The molecule has 0 aliphatic carbocycles. The summed E-state index contributed by atoms with van der Waals surface area (Å²) in [7, 11) is 0. The first-order valence-electron chi connectivity index (χ1n) is 5.55. The molecule has 2 aromatic carbocycles. The van der Waals surface area contributed by atoms with Gasteiger partial charge in [0.1, 0.15) is 11.0 Å². The maximum Gasteiger partial charge on any atom is 0.120 e. The van der Waals surface area contributed by atoms with Gasteiger partial charge in [0.25, 0.3) is 0 Å². The van der Waals surface area contributed by atoms with E-state index in [4.69, 9.17) is 0 Å². The fraction of sp³-hybridized carbons (Fsp3) is 0. The summed E-state index contributed by atoms with van der Waals surface area (Å²) in [6.07, 6.45) is 0. The molecular weight excluding hydrogens is 244 g/mol. The van der Waals surface area contributed by atoms with Gasteiger partial charge < -0.3 is 0 Å². The van der Waals surface area contributed by atoms with Crippen LogP contribution in [0.5, 0.6) is 0 Å².